The molecule has 0 radical (unpaired) electrons. The monoisotopic (exact) mass is 236 g/mol. The van der Waals surface area contributed by atoms with Gasteiger partial charge in [-0.15, -0.1) is 0 Å². The molecule has 0 aliphatic rings. The number of ether oxygens (including phenoxy) is 2. The molecule has 3 nitrogen and oxygen atoms in total. The first-order valence-electron chi connectivity index (χ1n) is 5.79. The van der Waals surface area contributed by atoms with Gasteiger partial charge in [-0.25, -0.2) is 0 Å². The molecule has 3 heteroatoms. The van der Waals surface area contributed by atoms with Gasteiger partial charge in [-0.05, 0) is 19.9 Å². The molecule has 0 atom stereocenters. The second-order valence-electron chi connectivity index (χ2n) is 4.53. The summed E-state index contributed by atoms with van der Waals surface area (Å²) < 4.78 is 10.7. The van der Waals surface area contributed by atoms with Gasteiger partial charge in [0.25, 0.3) is 0 Å². The maximum atomic E-state index is 11.1. The molecular formula is C14H20O3. The van der Waals surface area contributed by atoms with E-state index < -0.39 is 5.41 Å². The van der Waals surface area contributed by atoms with Crippen LogP contribution < -0.4 is 4.74 Å². The van der Waals surface area contributed by atoms with Gasteiger partial charge in [-0.2, -0.15) is 0 Å². The first-order valence-corrected chi connectivity index (χ1v) is 5.79. The summed E-state index contributed by atoms with van der Waals surface area (Å²) in [4.78, 5) is 11.1. The van der Waals surface area contributed by atoms with Crippen molar-refractivity contribution in [2.45, 2.75) is 25.7 Å². The molecule has 0 amide bonds. The summed E-state index contributed by atoms with van der Waals surface area (Å²) in [7, 11) is 1.67. The molecular weight excluding hydrogens is 216 g/mol. The second kappa shape index (κ2) is 6.40. The van der Waals surface area contributed by atoms with Crippen LogP contribution in [0.5, 0.6) is 5.75 Å². The number of carbonyl (C=O) groups excluding carboxylic acids is 1. The molecule has 1 rings (SSSR count). The molecule has 0 N–H and O–H groups in total. The van der Waals surface area contributed by atoms with Crippen LogP contribution in [-0.2, 0) is 14.9 Å². The van der Waals surface area contributed by atoms with E-state index in [4.69, 9.17) is 9.47 Å². The van der Waals surface area contributed by atoms with Gasteiger partial charge in [0.1, 0.15) is 12.0 Å². The molecule has 0 bridgehead atoms. The van der Waals surface area contributed by atoms with E-state index in [0.717, 1.165) is 24.0 Å². The number of hydrogen-bond donors (Lipinski definition) is 0. The second-order valence-corrected chi connectivity index (χ2v) is 4.53. The number of aldehydes is 1. The van der Waals surface area contributed by atoms with Gasteiger partial charge < -0.3 is 14.3 Å². The Morgan fingerprint density at radius 2 is 1.94 bits per heavy atom. The van der Waals surface area contributed by atoms with Crippen LogP contribution in [0.3, 0.4) is 0 Å². The van der Waals surface area contributed by atoms with Crippen LogP contribution in [0.25, 0.3) is 0 Å². The predicted molar refractivity (Wildman–Crippen MR) is 67.5 cm³/mol. The van der Waals surface area contributed by atoms with Crippen molar-refractivity contribution in [1.29, 1.82) is 0 Å². The summed E-state index contributed by atoms with van der Waals surface area (Å²) in [5, 5.41) is 0. The molecule has 1 aromatic rings. The highest BCUT2D eigenvalue weighted by Gasteiger charge is 2.23. The van der Waals surface area contributed by atoms with Crippen molar-refractivity contribution in [2.75, 3.05) is 20.3 Å². The lowest BCUT2D eigenvalue weighted by atomic mass is 9.86. The molecule has 0 aliphatic carbocycles. The van der Waals surface area contributed by atoms with Crippen LogP contribution >= 0.6 is 0 Å². The van der Waals surface area contributed by atoms with Crippen molar-refractivity contribution < 1.29 is 14.3 Å². The molecule has 0 heterocycles. The molecule has 0 aliphatic heterocycles. The maximum absolute atomic E-state index is 11.1. The standard InChI is InChI=1S/C14H20O3/c1-14(2,11-15)12-7-4-5-8-13(12)17-10-6-9-16-3/h4-5,7-8,11H,6,9-10H2,1-3H3. The predicted octanol–water partition coefficient (Wildman–Crippen LogP) is 2.58. The van der Waals surface area contributed by atoms with Crippen LogP contribution in [-0.4, -0.2) is 26.6 Å². The zero-order valence-electron chi connectivity index (χ0n) is 10.7. The summed E-state index contributed by atoms with van der Waals surface area (Å²) in [6.07, 6.45) is 1.79. The van der Waals surface area contributed by atoms with Gasteiger partial charge in [0.15, 0.2) is 0 Å². The van der Waals surface area contributed by atoms with E-state index >= 15 is 0 Å². The van der Waals surface area contributed by atoms with Gasteiger partial charge in [0, 0.05) is 31.1 Å². The van der Waals surface area contributed by atoms with Crippen LogP contribution in [0.15, 0.2) is 24.3 Å². The van der Waals surface area contributed by atoms with E-state index in [1.54, 1.807) is 7.11 Å². The first kappa shape index (κ1) is 13.7. The third-order valence-corrected chi connectivity index (χ3v) is 2.63. The zero-order chi connectivity index (χ0) is 12.7. The molecule has 1 aromatic carbocycles. The largest absolute Gasteiger partial charge is 0.493 e. The van der Waals surface area contributed by atoms with Gasteiger partial charge in [0.2, 0.25) is 0 Å². The van der Waals surface area contributed by atoms with E-state index in [9.17, 15) is 4.79 Å². The van der Waals surface area contributed by atoms with Gasteiger partial charge >= 0.3 is 0 Å². The van der Waals surface area contributed by atoms with Crippen molar-refractivity contribution in [3.05, 3.63) is 29.8 Å². The number of benzene rings is 1. The Bertz CT molecular complexity index is 358. The minimum Gasteiger partial charge on any atom is -0.493 e. The fourth-order valence-corrected chi connectivity index (χ4v) is 1.57. The Morgan fingerprint density at radius 1 is 1.24 bits per heavy atom. The van der Waals surface area contributed by atoms with Crippen LogP contribution in [0, 0.1) is 0 Å². The van der Waals surface area contributed by atoms with Gasteiger partial charge in [-0.3, -0.25) is 0 Å². The Balaban J connectivity index is 2.74. The molecule has 0 spiro atoms. The average molecular weight is 236 g/mol. The molecule has 94 valence electrons. The first-order chi connectivity index (χ1) is 8.11. The normalized spacial score (nSPS) is 11.2. The number of para-hydroxylation sites is 1. The highest BCUT2D eigenvalue weighted by molar-refractivity contribution is 5.69. The molecule has 0 aromatic heterocycles. The van der Waals surface area contributed by atoms with Crippen LogP contribution in [0.4, 0.5) is 0 Å². The van der Waals surface area contributed by atoms with E-state index in [0.29, 0.717) is 13.2 Å². The third-order valence-electron chi connectivity index (χ3n) is 2.63. The highest BCUT2D eigenvalue weighted by Crippen LogP contribution is 2.29. The average Bonchev–Trinajstić information content (AvgIpc) is 2.35. The number of rotatable bonds is 7. The SMILES string of the molecule is COCCCOc1ccccc1C(C)(C)C=O. The zero-order valence-corrected chi connectivity index (χ0v) is 10.7. The Kier molecular flexibility index (Phi) is 5.16. The molecule has 0 saturated heterocycles. The third kappa shape index (κ3) is 3.86. The molecule has 0 fully saturated rings. The molecule has 0 unspecified atom stereocenters. The van der Waals surface area contributed by atoms with E-state index in [-0.39, 0.29) is 0 Å². The fourth-order valence-electron chi connectivity index (χ4n) is 1.57. The van der Waals surface area contributed by atoms with Crippen molar-refractivity contribution in [3.63, 3.8) is 0 Å². The van der Waals surface area contributed by atoms with E-state index in [1.807, 2.05) is 38.1 Å². The lowest BCUT2D eigenvalue weighted by Gasteiger charge is -2.21. The van der Waals surface area contributed by atoms with Crippen LogP contribution in [0.2, 0.25) is 0 Å². The fraction of sp³-hybridized carbons (Fsp3) is 0.500. The number of hydrogen-bond acceptors (Lipinski definition) is 3. The Labute approximate surface area is 103 Å². The smallest absolute Gasteiger partial charge is 0.130 e. The highest BCUT2D eigenvalue weighted by atomic mass is 16.5. The van der Waals surface area contributed by atoms with E-state index in [1.165, 1.54) is 0 Å². The van der Waals surface area contributed by atoms with Crippen molar-refractivity contribution in [3.8, 4) is 5.75 Å². The lowest BCUT2D eigenvalue weighted by molar-refractivity contribution is -0.111. The van der Waals surface area contributed by atoms with Crippen LogP contribution in [0.1, 0.15) is 25.8 Å². The summed E-state index contributed by atoms with van der Waals surface area (Å²) in [5.74, 6) is 0.778. The number of carbonyl (C=O) groups is 1. The van der Waals surface area contributed by atoms with Crippen molar-refractivity contribution in [2.24, 2.45) is 0 Å². The lowest BCUT2D eigenvalue weighted by Crippen LogP contribution is -2.20. The topological polar surface area (TPSA) is 35.5 Å². The van der Waals surface area contributed by atoms with Gasteiger partial charge in [-0.1, -0.05) is 18.2 Å². The van der Waals surface area contributed by atoms with Gasteiger partial charge in [0.05, 0.1) is 6.61 Å². The minimum atomic E-state index is -0.516. The Morgan fingerprint density at radius 3 is 2.59 bits per heavy atom. The maximum Gasteiger partial charge on any atom is 0.130 e. The Hall–Kier alpha value is -1.35. The summed E-state index contributed by atoms with van der Waals surface area (Å²) >= 11 is 0. The minimum absolute atomic E-state index is 0.516. The summed E-state index contributed by atoms with van der Waals surface area (Å²) in [5.41, 5.74) is 0.408. The van der Waals surface area contributed by atoms with Crippen molar-refractivity contribution >= 4 is 6.29 Å². The molecule has 17 heavy (non-hydrogen) atoms. The molecule has 0 saturated carbocycles. The van der Waals surface area contributed by atoms with E-state index in [2.05, 4.69) is 0 Å². The summed E-state index contributed by atoms with van der Waals surface area (Å²) in [6.45, 7) is 5.05. The quantitative estimate of drug-likeness (QED) is 0.539. The van der Waals surface area contributed by atoms with Crippen molar-refractivity contribution in [1.82, 2.24) is 0 Å². The number of methoxy groups -OCH3 is 1. The summed E-state index contributed by atoms with van der Waals surface area (Å²) in [6, 6.07) is 7.66.